The molecule has 9 nitrogen and oxygen atoms in total. The van der Waals surface area contributed by atoms with E-state index in [-0.39, 0.29) is 6.54 Å². The minimum atomic E-state index is -1.25. The van der Waals surface area contributed by atoms with Gasteiger partial charge in [-0.05, 0) is 0 Å². The first kappa shape index (κ1) is 11.9. The van der Waals surface area contributed by atoms with Crippen molar-refractivity contribution in [1.29, 1.82) is 0 Å². The number of carboxylic acid groups (broad SMARTS) is 1. The number of carbonyl (C=O) groups excluding carboxylic acids is 3. The highest BCUT2D eigenvalue weighted by molar-refractivity contribution is 6.04. The van der Waals surface area contributed by atoms with Gasteiger partial charge in [0.15, 0.2) is 6.61 Å². The van der Waals surface area contributed by atoms with Crippen molar-refractivity contribution in [2.75, 3.05) is 19.7 Å². The molecule has 1 aliphatic heterocycles. The van der Waals surface area contributed by atoms with Gasteiger partial charge in [0.25, 0.3) is 11.8 Å². The molecule has 3 N–H and O–H groups in total. The monoisotopic (exact) mass is 231 g/mol. The van der Waals surface area contributed by atoms with Crippen LogP contribution in [0.5, 0.6) is 0 Å². The SMILES string of the molecule is O=C(O)CONC(=O)CN1C(=O)CNC1=O. The molecule has 1 aliphatic rings. The van der Waals surface area contributed by atoms with Crippen LogP contribution in [-0.4, -0.2) is 53.5 Å². The number of carboxylic acids is 1. The summed E-state index contributed by atoms with van der Waals surface area (Å²) >= 11 is 0. The highest BCUT2D eigenvalue weighted by Crippen LogP contribution is 1.97. The number of imide groups is 1. The van der Waals surface area contributed by atoms with Gasteiger partial charge in [0.1, 0.15) is 6.54 Å². The van der Waals surface area contributed by atoms with Crippen LogP contribution in [0.1, 0.15) is 0 Å². The van der Waals surface area contributed by atoms with Gasteiger partial charge in [-0.15, -0.1) is 0 Å². The normalized spacial score (nSPS) is 14.9. The van der Waals surface area contributed by atoms with E-state index in [4.69, 9.17) is 5.11 Å². The number of aliphatic carboxylic acids is 1. The Hall–Kier alpha value is -2.16. The molecule has 16 heavy (non-hydrogen) atoms. The highest BCUT2D eigenvalue weighted by Gasteiger charge is 2.30. The van der Waals surface area contributed by atoms with Gasteiger partial charge in [-0.25, -0.2) is 15.1 Å². The fraction of sp³-hybridized carbons (Fsp3) is 0.429. The number of amides is 4. The molecule has 1 rings (SSSR count). The third-order valence-corrected chi connectivity index (χ3v) is 1.62. The molecule has 0 aromatic rings. The third kappa shape index (κ3) is 3.20. The molecule has 0 radical (unpaired) electrons. The predicted molar refractivity (Wildman–Crippen MR) is 46.8 cm³/mol. The first-order valence-corrected chi connectivity index (χ1v) is 4.21. The maximum absolute atomic E-state index is 11.1. The number of carbonyl (C=O) groups is 4. The standard InChI is InChI=1S/C7H9N3O6/c11-4(9-16-3-6(13)14)2-10-5(12)1-8-7(10)15/h1-3H2,(H,8,15)(H,9,11)(H,13,14). The molecular weight excluding hydrogens is 222 g/mol. The van der Waals surface area contributed by atoms with Crippen LogP contribution in [0, 0.1) is 0 Å². The van der Waals surface area contributed by atoms with Gasteiger partial charge < -0.3 is 10.4 Å². The molecule has 0 aliphatic carbocycles. The summed E-state index contributed by atoms with van der Waals surface area (Å²) in [5.74, 6) is -2.57. The summed E-state index contributed by atoms with van der Waals surface area (Å²) in [6.45, 7) is -1.36. The lowest BCUT2D eigenvalue weighted by Crippen LogP contribution is -2.41. The van der Waals surface area contributed by atoms with Gasteiger partial charge in [-0.3, -0.25) is 19.3 Å². The Morgan fingerprint density at radius 1 is 1.50 bits per heavy atom. The lowest BCUT2D eigenvalue weighted by atomic mass is 10.5. The van der Waals surface area contributed by atoms with Crippen LogP contribution in [0.15, 0.2) is 0 Å². The summed E-state index contributed by atoms with van der Waals surface area (Å²) in [5, 5.41) is 10.4. The number of nitrogens with one attached hydrogen (secondary N) is 2. The molecule has 9 heteroatoms. The zero-order valence-electron chi connectivity index (χ0n) is 8.06. The number of hydroxylamine groups is 1. The van der Waals surface area contributed by atoms with Crippen LogP contribution in [-0.2, 0) is 19.2 Å². The smallest absolute Gasteiger partial charge is 0.332 e. The molecule has 0 spiro atoms. The number of urea groups is 1. The molecule has 4 amide bonds. The first-order chi connectivity index (χ1) is 7.50. The second kappa shape index (κ2) is 5.07. The Bertz CT molecular complexity index is 325. The Morgan fingerprint density at radius 3 is 2.69 bits per heavy atom. The molecule has 1 heterocycles. The van der Waals surface area contributed by atoms with Crippen molar-refractivity contribution < 1.29 is 29.1 Å². The predicted octanol–water partition coefficient (Wildman–Crippen LogP) is -2.33. The van der Waals surface area contributed by atoms with Crippen molar-refractivity contribution in [3.8, 4) is 0 Å². The molecule has 0 bridgehead atoms. The minimum Gasteiger partial charge on any atom is -0.479 e. The third-order valence-electron chi connectivity index (χ3n) is 1.62. The zero-order chi connectivity index (χ0) is 12.1. The molecular formula is C7H9N3O6. The van der Waals surface area contributed by atoms with Gasteiger partial charge in [0.2, 0.25) is 0 Å². The first-order valence-electron chi connectivity index (χ1n) is 4.21. The molecule has 0 aromatic heterocycles. The minimum absolute atomic E-state index is 0.151. The number of hydrogen-bond donors (Lipinski definition) is 3. The molecule has 0 atom stereocenters. The van der Waals surface area contributed by atoms with Crippen LogP contribution in [0.4, 0.5) is 4.79 Å². The maximum Gasteiger partial charge on any atom is 0.332 e. The van der Waals surface area contributed by atoms with Crippen molar-refractivity contribution in [3.05, 3.63) is 0 Å². The van der Waals surface area contributed by atoms with Crippen molar-refractivity contribution in [2.45, 2.75) is 0 Å². The Kier molecular flexibility index (Phi) is 3.78. The van der Waals surface area contributed by atoms with Crippen LogP contribution in [0.3, 0.4) is 0 Å². The number of rotatable bonds is 5. The van der Waals surface area contributed by atoms with Crippen molar-refractivity contribution in [2.24, 2.45) is 0 Å². The van der Waals surface area contributed by atoms with Crippen LogP contribution in [0.25, 0.3) is 0 Å². The lowest BCUT2D eigenvalue weighted by molar-refractivity contribution is -0.150. The fourth-order valence-electron chi connectivity index (χ4n) is 0.970. The van der Waals surface area contributed by atoms with E-state index in [0.717, 1.165) is 0 Å². The van der Waals surface area contributed by atoms with E-state index in [0.29, 0.717) is 4.90 Å². The average Bonchev–Trinajstić information content (AvgIpc) is 2.49. The van der Waals surface area contributed by atoms with E-state index in [1.165, 1.54) is 0 Å². The van der Waals surface area contributed by atoms with Crippen LogP contribution < -0.4 is 10.8 Å². The average molecular weight is 231 g/mol. The zero-order valence-corrected chi connectivity index (χ0v) is 8.06. The summed E-state index contributed by atoms with van der Waals surface area (Å²) in [6.07, 6.45) is 0. The van der Waals surface area contributed by atoms with E-state index in [9.17, 15) is 19.2 Å². The summed E-state index contributed by atoms with van der Waals surface area (Å²) < 4.78 is 0. The van der Waals surface area contributed by atoms with Crippen molar-refractivity contribution >= 4 is 23.8 Å². The second-order valence-corrected chi connectivity index (χ2v) is 2.85. The van der Waals surface area contributed by atoms with Gasteiger partial charge in [-0.2, -0.15) is 0 Å². The number of nitrogens with zero attached hydrogens (tertiary/aromatic N) is 1. The van der Waals surface area contributed by atoms with Gasteiger partial charge in [0, 0.05) is 0 Å². The van der Waals surface area contributed by atoms with Crippen molar-refractivity contribution in [3.63, 3.8) is 0 Å². The summed E-state index contributed by atoms with van der Waals surface area (Å²) in [6, 6.07) is -0.668. The topological polar surface area (TPSA) is 125 Å². The molecule has 0 unspecified atom stereocenters. The van der Waals surface area contributed by atoms with E-state index < -0.39 is 37.0 Å². The molecule has 1 fully saturated rings. The van der Waals surface area contributed by atoms with E-state index in [1.54, 1.807) is 5.48 Å². The molecule has 1 saturated heterocycles. The van der Waals surface area contributed by atoms with E-state index >= 15 is 0 Å². The Labute approximate surface area is 89.3 Å². The Morgan fingerprint density at radius 2 is 2.19 bits per heavy atom. The maximum atomic E-state index is 11.1. The quantitative estimate of drug-likeness (QED) is 0.360. The summed E-state index contributed by atoms with van der Waals surface area (Å²) in [4.78, 5) is 48.1. The van der Waals surface area contributed by atoms with Crippen LogP contribution in [0.2, 0.25) is 0 Å². The highest BCUT2D eigenvalue weighted by atomic mass is 16.7. The van der Waals surface area contributed by atoms with Gasteiger partial charge >= 0.3 is 12.0 Å². The molecule has 0 aromatic carbocycles. The Balaban J connectivity index is 2.31. The molecule has 0 saturated carbocycles. The van der Waals surface area contributed by atoms with Crippen LogP contribution >= 0.6 is 0 Å². The molecule has 88 valence electrons. The van der Waals surface area contributed by atoms with E-state index in [1.807, 2.05) is 0 Å². The number of hydrogen-bond acceptors (Lipinski definition) is 5. The van der Waals surface area contributed by atoms with Crippen molar-refractivity contribution in [1.82, 2.24) is 15.7 Å². The largest absolute Gasteiger partial charge is 0.479 e. The summed E-state index contributed by atoms with van der Waals surface area (Å²) in [7, 11) is 0. The fourth-order valence-corrected chi connectivity index (χ4v) is 0.970. The lowest BCUT2D eigenvalue weighted by Gasteiger charge is -2.11. The second-order valence-electron chi connectivity index (χ2n) is 2.85. The van der Waals surface area contributed by atoms with E-state index in [2.05, 4.69) is 10.2 Å². The van der Waals surface area contributed by atoms with Gasteiger partial charge in [-0.1, -0.05) is 0 Å². The van der Waals surface area contributed by atoms with Gasteiger partial charge in [0.05, 0.1) is 6.54 Å². The summed E-state index contributed by atoms with van der Waals surface area (Å²) in [5.41, 5.74) is 1.79.